The van der Waals surface area contributed by atoms with Gasteiger partial charge in [0.05, 0.1) is 16.5 Å². The second-order valence-electron chi connectivity index (χ2n) is 5.42. The second kappa shape index (κ2) is 6.51. The molecule has 1 N–H and O–H groups in total. The summed E-state index contributed by atoms with van der Waals surface area (Å²) in [5, 5.41) is 9.15. The Labute approximate surface area is 138 Å². The molecule has 124 valence electrons. The molecule has 0 atom stereocenters. The molecule has 0 saturated heterocycles. The third kappa shape index (κ3) is 3.36. The van der Waals surface area contributed by atoms with Crippen molar-refractivity contribution in [2.75, 3.05) is 6.26 Å². The highest BCUT2D eigenvalue weighted by molar-refractivity contribution is 7.90. The standard InChI is InChI=1S/C15H15ClO6S/c1-23(21,22)12-6-5-8(14(16)9(12)7-17)15(20)13-10(18)3-2-4-11(13)19/h5-6,13,17H,2-4,7H2,1H3. The van der Waals surface area contributed by atoms with Crippen LogP contribution in [0, 0.1) is 5.92 Å². The van der Waals surface area contributed by atoms with Gasteiger partial charge in [0.15, 0.2) is 27.2 Å². The van der Waals surface area contributed by atoms with E-state index in [9.17, 15) is 27.9 Å². The Morgan fingerprint density at radius 3 is 2.30 bits per heavy atom. The lowest BCUT2D eigenvalue weighted by Crippen LogP contribution is -2.35. The summed E-state index contributed by atoms with van der Waals surface area (Å²) in [6.45, 7) is -0.686. The maximum Gasteiger partial charge on any atom is 0.182 e. The maximum atomic E-state index is 12.5. The molecule has 0 unspecified atom stereocenters. The van der Waals surface area contributed by atoms with Crippen LogP contribution in [0.15, 0.2) is 17.0 Å². The normalized spacial score (nSPS) is 16.7. The zero-order valence-corrected chi connectivity index (χ0v) is 13.9. The second-order valence-corrected chi connectivity index (χ2v) is 7.78. The van der Waals surface area contributed by atoms with Crippen LogP contribution >= 0.6 is 11.6 Å². The maximum absolute atomic E-state index is 12.5. The molecule has 1 saturated carbocycles. The average Bonchev–Trinajstić information content (AvgIpc) is 2.45. The van der Waals surface area contributed by atoms with E-state index in [-0.39, 0.29) is 33.9 Å². The molecule has 8 heteroatoms. The van der Waals surface area contributed by atoms with E-state index in [4.69, 9.17) is 11.6 Å². The highest BCUT2D eigenvalue weighted by Crippen LogP contribution is 2.31. The smallest absolute Gasteiger partial charge is 0.182 e. The summed E-state index contributed by atoms with van der Waals surface area (Å²) in [7, 11) is -3.65. The summed E-state index contributed by atoms with van der Waals surface area (Å²) < 4.78 is 23.4. The van der Waals surface area contributed by atoms with Crippen molar-refractivity contribution >= 4 is 38.8 Å². The number of rotatable bonds is 4. The van der Waals surface area contributed by atoms with Crippen molar-refractivity contribution in [1.29, 1.82) is 0 Å². The molecule has 1 aliphatic carbocycles. The Morgan fingerprint density at radius 1 is 1.26 bits per heavy atom. The molecule has 1 fully saturated rings. The fourth-order valence-corrected chi connectivity index (χ4v) is 3.94. The third-order valence-electron chi connectivity index (χ3n) is 3.78. The Balaban J connectivity index is 2.54. The van der Waals surface area contributed by atoms with Crippen molar-refractivity contribution in [3.63, 3.8) is 0 Å². The summed E-state index contributed by atoms with van der Waals surface area (Å²) in [4.78, 5) is 36.1. The Kier molecular flexibility index (Phi) is 5.03. The molecule has 23 heavy (non-hydrogen) atoms. The Bertz CT molecular complexity index is 780. The number of carbonyl (C=O) groups excluding carboxylic acids is 3. The number of sulfone groups is 1. The number of aliphatic hydroxyl groups excluding tert-OH is 1. The van der Waals surface area contributed by atoms with Gasteiger partial charge in [0.2, 0.25) is 0 Å². The van der Waals surface area contributed by atoms with Crippen LogP contribution in [-0.2, 0) is 26.0 Å². The summed E-state index contributed by atoms with van der Waals surface area (Å²) in [5.41, 5.74) is -0.243. The van der Waals surface area contributed by atoms with Gasteiger partial charge in [-0.25, -0.2) is 8.42 Å². The molecule has 6 nitrogen and oxygen atoms in total. The molecule has 0 amide bonds. The van der Waals surface area contributed by atoms with Crippen molar-refractivity contribution in [3.8, 4) is 0 Å². The minimum Gasteiger partial charge on any atom is -0.392 e. The number of Topliss-reactive ketones (excluding diaryl/α,β-unsaturated/α-hetero) is 3. The number of aliphatic hydroxyl groups is 1. The monoisotopic (exact) mass is 358 g/mol. The topological polar surface area (TPSA) is 106 Å². The molecule has 1 aromatic carbocycles. The van der Waals surface area contributed by atoms with Gasteiger partial charge in [0.1, 0.15) is 5.92 Å². The lowest BCUT2D eigenvalue weighted by molar-refractivity contribution is -0.133. The molecule has 0 radical (unpaired) electrons. The molecular formula is C15H15ClO6S. The lowest BCUT2D eigenvalue weighted by Gasteiger charge is -2.19. The van der Waals surface area contributed by atoms with Crippen LogP contribution in [0.4, 0.5) is 0 Å². The van der Waals surface area contributed by atoms with Gasteiger partial charge in [-0.3, -0.25) is 14.4 Å². The van der Waals surface area contributed by atoms with Gasteiger partial charge < -0.3 is 5.11 Å². The van der Waals surface area contributed by atoms with Crippen LogP contribution < -0.4 is 0 Å². The number of hydrogen-bond acceptors (Lipinski definition) is 6. The molecule has 0 spiro atoms. The van der Waals surface area contributed by atoms with Gasteiger partial charge in [-0.2, -0.15) is 0 Å². The number of benzene rings is 1. The molecule has 1 aliphatic rings. The van der Waals surface area contributed by atoms with Gasteiger partial charge >= 0.3 is 0 Å². The molecule has 1 aromatic rings. The van der Waals surface area contributed by atoms with Crippen LogP contribution in [0.3, 0.4) is 0 Å². The summed E-state index contributed by atoms with van der Waals surface area (Å²) in [5.74, 6) is -3.06. The molecule has 0 aliphatic heterocycles. The van der Waals surface area contributed by atoms with E-state index in [1.54, 1.807) is 0 Å². The van der Waals surface area contributed by atoms with Crippen LogP contribution in [0.5, 0.6) is 0 Å². The van der Waals surface area contributed by atoms with Crippen molar-refractivity contribution < 1.29 is 27.9 Å². The zero-order chi connectivity index (χ0) is 17.4. The van der Waals surface area contributed by atoms with E-state index < -0.39 is 39.7 Å². The average molecular weight is 359 g/mol. The number of halogens is 1. The fourth-order valence-electron chi connectivity index (χ4n) is 2.64. The Hall–Kier alpha value is -1.57. The predicted octanol–water partition coefficient (Wildman–Crippen LogP) is 1.36. The van der Waals surface area contributed by atoms with Crippen LogP contribution in [0.1, 0.15) is 35.2 Å². The fraction of sp³-hybridized carbons (Fsp3) is 0.400. The molecule has 0 heterocycles. The number of hydrogen-bond donors (Lipinski definition) is 1. The van der Waals surface area contributed by atoms with Crippen molar-refractivity contribution in [1.82, 2.24) is 0 Å². The lowest BCUT2D eigenvalue weighted by atomic mass is 9.81. The minimum atomic E-state index is -3.65. The van der Waals surface area contributed by atoms with E-state index in [1.165, 1.54) is 6.07 Å². The van der Waals surface area contributed by atoms with Gasteiger partial charge in [-0.15, -0.1) is 0 Å². The van der Waals surface area contributed by atoms with E-state index in [1.807, 2.05) is 0 Å². The SMILES string of the molecule is CS(=O)(=O)c1ccc(C(=O)C2C(=O)CCCC2=O)c(Cl)c1CO. The van der Waals surface area contributed by atoms with E-state index >= 15 is 0 Å². The highest BCUT2D eigenvalue weighted by Gasteiger charge is 2.37. The highest BCUT2D eigenvalue weighted by atomic mass is 35.5. The largest absolute Gasteiger partial charge is 0.392 e. The quantitative estimate of drug-likeness (QED) is 0.643. The first-order valence-corrected chi connectivity index (χ1v) is 9.17. The van der Waals surface area contributed by atoms with Crippen molar-refractivity contribution in [3.05, 3.63) is 28.3 Å². The van der Waals surface area contributed by atoms with Crippen LogP contribution in [-0.4, -0.2) is 37.1 Å². The Morgan fingerprint density at radius 2 is 1.83 bits per heavy atom. The van der Waals surface area contributed by atoms with E-state index in [2.05, 4.69) is 0 Å². The van der Waals surface area contributed by atoms with Gasteiger partial charge in [0, 0.05) is 30.2 Å². The molecule has 0 bridgehead atoms. The van der Waals surface area contributed by atoms with Gasteiger partial charge in [0.25, 0.3) is 0 Å². The summed E-state index contributed by atoms with van der Waals surface area (Å²) in [6.07, 6.45) is 1.67. The first-order valence-electron chi connectivity index (χ1n) is 6.90. The number of carbonyl (C=O) groups is 3. The summed E-state index contributed by atoms with van der Waals surface area (Å²) in [6, 6.07) is 2.33. The molecule has 0 aromatic heterocycles. The first kappa shape index (κ1) is 17.8. The number of ketones is 3. The minimum absolute atomic E-state index is 0.115. The molecule has 2 rings (SSSR count). The van der Waals surface area contributed by atoms with Crippen LogP contribution in [0.2, 0.25) is 5.02 Å². The van der Waals surface area contributed by atoms with Crippen molar-refractivity contribution in [2.45, 2.75) is 30.8 Å². The first-order chi connectivity index (χ1) is 10.7. The van der Waals surface area contributed by atoms with Crippen molar-refractivity contribution in [2.24, 2.45) is 5.92 Å². The zero-order valence-electron chi connectivity index (χ0n) is 12.3. The van der Waals surface area contributed by atoms with Gasteiger partial charge in [-0.1, -0.05) is 11.6 Å². The van der Waals surface area contributed by atoms with Crippen LogP contribution in [0.25, 0.3) is 0 Å². The third-order valence-corrected chi connectivity index (χ3v) is 5.39. The predicted molar refractivity (Wildman–Crippen MR) is 82.2 cm³/mol. The van der Waals surface area contributed by atoms with E-state index in [0.717, 1.165) is 12.3 Å². The molecular weight excluding hydrogens is 344 g/mol. The van der Waals surface area contributed by atoms with E-state index in [0.29, 0.717) is 6.42 Å². The van der Waals surface area contributed by atoms with Gasteiger partial charge in [-0.05, 0) is 18.6 Å². The summed E-state index contributed by atoms with van der Waals surface area (Å²) >= 11 is 6.06.